The van der Waals surface area contributed by atoms with Gasteiger partial charge in [0.2, 0.25) is 5.91 Å². The van der Waals surface area contributed by atoms with Gasteiger partial charge in [-0.25, -0.2) is 0 Å². The molecule has 0 aliphatic heterocycles. The summed E-state index contributed by atoms with van der Waals surface area (Å²) < 4.78 is 5.38. The number of halogens is 1. The Morgan fingerprint density at radius 1 is 1.29 bits per heavy atom. The highest BCUT2D eigenvalue weighted by Crippen LogP contribution is 2.28. The van der Waals surface area contributed by atoms with Crippen LogP contribution in [-0.2, 0) is 11.3 Å². The van der Waals surface area contributed by atoms with Gasteiger partial charge in [0.25, 0.3) is 0 Å². The highest BCUT2D eigenvalue weighted by molar-refractivity contribution is 14.0. The van der Waals surface area contributed by atoms with E-state index >= 15 is 0 Å². The van der Waals surface area contributed by atoms with E-state index in [0.29, 0.717) is 19.6 Å². The van der Waals surface area contributed by atoms with E-state index in [1.165, 1.54) is 0 Å². The van der Waals surface area contributed by atoms with E-state index in [2.05, 4.69) is 15.6 Å². The normalized spacial score (nSPS) is 13.7. The topological polar surface area (TPSA) is 66.0 Å². The minimum absolute atomic E-state index is 0. The highest BCUT2D eigenvalue weighted by atomic mass is 127. The first-order valence-corrected chi connectivity index (χ1v) is 7.97. The van der Waals surface area contributed by atoms with E-state index < -0.39 is 0 Å². The predicted octanol–water partition coefficient (Wildman–Crippen LogP) is 1.85. The molecule has 0 spiro atoms. The number of carbonyl (C=O) groups excluding carboxylic acids is 1. The number of nitrogens with zero attached hydrogens (tertiary/aromatic N) is 2. The lowest BCUT2D eigenvalue weighted by molar-refractivity contribution is -0.122. The van der Waals surface area contributed by atoms with Crippen LogP contribution in [0.2, 0.25) is 0 Å². The number of ether oxygens (including phenoxy) is 1. The molecule has 0 unspecified atom stereocenters. The average Bonchev–Trinajstić information content (AvgIpc) is 3.40. The molecule has 0 heterocycles. The van der Waals surface area contributed by atoms with Crippen LogP contribution in [0.25, 0.3) is 0 Å². The lowest BCUT2D eigenvalue weighted by Crippen LogP contribution is -2.42. The number of rotatable bonds is 7. The second-order valence-electron chi connectivity index (χ2n) is 5.71. The number of guanidine groups is 1. The summed E-state index contributed by atoms with van der Waals surface area (Å²) in [6.07, 6.45) is 2.06. The molecular weight excluding hydrogens is 419 g/mol. The quantitative estimate of drug-likeness (QED) is 0.291. The molecule has 2 N–H and O–H groups in total. The smallest absolute Gasteiger partial charge is 0.223 e. The third-order valence-corrected chi connectivity index (χ3v) is 3.83. The molecule has 2 rings (SSSR count). The molecule has 0 atom stereocenters. The van der Waals surface area contributed by atoms with Crippen LogP contribution in [0, 0.1) is 5.92 Å². The summed E-state index contributed by atoms with van der Waals surface area (Å²) in [5, 5.41) is 6.20. The van der Waals surface area contributed by atoms with Crippen molar-refractivity contribution in [1.82, 2.24) is 15.5 Å². The van der Waals surface area contributed by atoms with Crippen molar-refractivity contribution in [2.24, 2.45) is 10.9 Å². The van der Waals surface area contributed by atoms with Crippen molar-refractivity contribution >= 4 is 35.8 Å². The number of para-hydroxylation sites is 1. The van der Waals surface area contributed by atoms with Gasteiger partial charge >= 0.3 is 0 Å². The number of aliphatic imine (C=N–C) groups is 1. The summed E-state index contributed by atoms with van der Waals surface area (Å²) in [4.78, 5) is 17.9. The maximum absolute atomic E-state index is 11.6. The maximum atomic E-state index is 11.6. The van der Waals surface area contributed by atoms with Gasteiger partial charge in [0.05, 0.1) is 7.11 Å². The van der Waals surface area contributed by atoms with Gasteiger partial charge in [0.15, 0.2) is 5.96 Å². The zero-order chi connectivity index (χ0) is 16.7. The Labute approximate surface area is 161 Å². The molecule has 1 aliphatic carbocycles. The SMILES string of the molecule is CN=C(NCCNC(=O)C1CC1)N(C)Cc1ccccc1OC.I. The van der Waals surface area contributed by atoms with Crippen LogP contribution in [0.3, 0.4) is 0 Å². The number of amides is 1. The van der Waals surface area contributed by atoms with Gasteiger partial charge < -0.3 is 20.3 Å². The van der Waals surface area contributed by atoms with Gasteiger partial charge in [0, 0.05) is 45.2 Å². The van der Waals surface area contributed by atoms with Crippen LogP contribution in [0.5, 0.6) is 5.75 Å². The van der Waals surface area contributed by atoms with Crippen LogP contribution in [0.4, 0.5) is 0 Å². The fourth-order valence-corrected chi connectivity index (χ4v) is 2.40. The van der Waals surface area contributed by atoms with Gasteiger partial charge in [-0.3, -0.25) is 9.79 Å². The minimum Gasteiger partial charge on any atom is -0.496 e. The molecule has 1 amide bonds. The molecule has 24 heavy (non-hydrogen) atoms. The van der Waals surface area contributed by atoms with E-state index in [4.69, 9.17) is 4.74 Å². The number of hydrogen-bond donors (Lipinski definition) is 2. The molecule has 1 aromatic carbocycles. The molecule has 134 valence electrons. The Balaban J connectivity index is 0.00000288. The van der Waals surface area contributed by atoms with Gasteiger partial charge in [0.1, 0.15) is 5.75 Å². The molecule has 0 bridgehead atoms. The van der Waals surface area contributed by atoms with Crippen LogP contribution in [0.1, 0.15) is 18.4 Å². The molecule has 0 aromatic heterocycles. The van der Waals surface area contributed by atoms with Crippen LogP contribution in [0.15, 0.2) is 29.3 Å². The molecule has 1 fully saturated rings. The van der Waals surface area contributed by atoms with Crippen molar-refractivity contribution in [1.29, 1.82) is 0 Å². The van der Waals surface area contributed by atoms with Crippen molar-refractivity contribution in [3.8, 4) is 5.75 Å². The number of benzene rings is 1. The Kier molecular flexibility index (Phi) is 8.88. The Hall–Kier alpha value is -1.51. The zero-order valence-corrected chi connectivity index (χ0v) is 16.9. The zero-order valence-electron chi connectivity index (χ0n) is 14.5. The van der Waals surface area contributed by atoms with E-state index in [1.807, 2.05) is 36.2 Å². The second-order valence-corrected chi connectivity index (χ2v) is 5.71. The van der Waals surface area contributed by atoms with E-state index in [1.54, 1.807) is 14.2 Å². The number of methoxy groups -OCH3 is 1. The molecule has 6 nitrogen and oxygen atoms in total. The minimum atomic E-state index is 0. The maximum Gasteiger partial charge on any atom is 0.223 e. The van der Waals surface area contributed by atoms with Crippen molar-refractivity contribution in [3.05, 3.63) is 29.8 Å². The lowest BCUT2D eigenvalue weighted by Gasteiger charge is -2.23. The van der Waals surface area contributed by atoms with Gasteiger partial charge in [-0.1, -0.05) is 18.2 Å². The predicted molar refractivity (Wildman–Crippen MR) is 107 cm³/mol. The number of hydrogen-bond acceptors (Lipinski definition) is 3. The van der Waals surface area contributed by atoms with Gasteiger partial charge in [-0.05, 0) is 18.9 Å². The summed E-state index contributed by atoms with van der Waals surface area (Å²) in [5.41, 5.74) is 1.10. The number of nitrogens with one attached hydrogen (secondary N) is 2. The first kappa shape index (κ1) is 20.5. The summed E-state index contributed by atoms with van der Waals surface area (Å²) in [7, 11) is 5.41. The van der Waals surface area contributed by atoms with E-state index in [-0.39, 0.29) is 35.8 Å². The largest absolute Gasteiger partial charge is 0.496 e. The van der Waals surface area contributed by atoms with Crippen molar-refractivity contribution < 1.29 is 9.53 Å². The van der Waals surface area contributed by atoms with Crippen molar-refractivity contribution in [2.75, 3.05) is 34.3 Å². The van der Waals surface area contributed by atoms with Crippen molar-refractivity contribution in [2.45, 2.75) is 19.4 Å². The molecule has 1 aromatic rings. The van der Waals surface area contributed by atoms with Crippen molar-refractivity contribution in [3.63, 3.8) is 0 Å². The third kappa shape index (κ3) is 6.18. The Morgan fingerprint density at radius 2 is 1.96 bits per heavy atom. The Morgan fingerprint density at radius 3 is 2.58 bits per heavy atom. The second kappa shape index (κ2) is 10.4. The van der Waals surface area contributed by atoms with E-state index in [0.717, 1.165) is 30.1 Å². The summed E-state index contributed by atoms with van der Waals surface area (Å²) in [6.45, 7) is 1.95. The van der Waals surface area contributed by atoms with Crippen LogP contribution in [-0.4, -0.2) is 51.1 Å². The first-order chi connectivity index (χ1) is 11.2. The fourth-order valence-electron chi connectivity index (χ4n) is 2.40. The summed E-state index contributed by atoms with van der Waals surface area (Å²) in [6, 6.07) is 7.94. The average molecular weight is 446 g/mol. The summed E-state index contributed by atoms with van der Waals surface area (Å²) >= 11 is 0. The van der Waals surface area contributed by atoms with Gasteiger partial charge in [-0.15, -0.1) is 24.0 Å². The molecule has 0 saturated heterocycles. The molecular formula is C17H27IN4O2. The highest BCUT2D eigenvalue weighted by Gasteiger charge is 2.28. The molecule has 1 aliphatic rings. The number of carbonyl (C=O) groups is 1. The van der Waals surface area contributed by atoms with Gasteiger partial charge in [-0.2, -0.15) is 0 Å². The van der Waals surface area contributed by atoms with E-state index in [9.17, 15) is 4.79 Å². The van der Waals surface area contributed by atoms with Crippen LogP contribution < -0.4 is 15.4 Å². The molecule has 7 heteroatoms. The monoisotopic (exact) mass is 446 g/mol. The van der Waals surface area contributed by atoms with Crippen LogP contribution >= 0.6 is 24.0 Å². The molecule has 1 saturated carbocycles. The standard InChI is InChI=1S/C17H26N4O2.HI/c1-18-17(20-11-10-19-16(22)13-8-9-13)21(2)12-14-6-4-5-7-15(14)23-3;/h4-7,13H,8-12H2,1-3H3,(H,18,20)(H,19,22);1H. The first-order valence-electron chi connectivity index (χ1n) is 7.97. The fraction of sp³-hybridized carbons (Fsp3) is 0.529. The molecule has 0 radical (unpaired) electrons. The summed E-state index contributed by atoms with van der Waals surface area (Å²) in [5.74, 6) is 2.08. The Bertz CT molecular complexity index is 561. The third-order valence-electron chi connectivity index (χ3n) is 3.83. The lowest BCUT2D eigenvalue weighted by atomic mass is 10.2.